The summed E-state index contributed by atoms with van der Waals surface area (Å²) in [5.74, 6) is 0.272. The fourth-order valence-electron chi connectivity index (χ4n) is 2.95. The minimum absolute atomic E-state index is 0.129. The van der Waals surface area contributed by atoms with Crippen LogP contribution in [0.3, 0.4) is 0 Å². The van der Waals surface area contributed by atoms with Crippen LogP contribution in [0.15, 0.2) is 63.9 Å². The second kappa shape index (κ2) is 8.23. The van der Waals surface area contributed by atoms with Crippen molar-refractivity contribution in [2.45, 2.75) is 17.8 Å². The van der Waals surface area contributed by atoms with Crippen LogP contribution in [0.5, 0.6) is 0 Å². The standard InChI is InChI=1S/C22H18N2O3S2/c1-13-3-7-15(8-4-13)17-12-28-20-18(17)19(25)23-22(24-20)29-11-14-5-9-16(10-6-14)21(26)27-2/h3-10,12H,11H2,1-2H3,(H,23,24,25). The minimum Gasteiger partial charge on any atom is -0.465 e. The van der Waals surface area contributed by atoms with E-state index >= 15 is 0 Å². The van der Waals surface area contributed by atoms with E-state index < -0.39 is 0 Å². The monoisotopic (exact) mass is 422 g/mol. The van der Waals surface area contributed by atoms with Gasteiger partial charge in [-0.3, -0.25) is 4.79 Å². The van der Waals surface area contributed by atoms with Crippen LogP contribution >= 0.6 is 23.1 Å². The molecule has 0 bridgehead atoms. The van der Waals surface area contributed by atoms with Gasteiger partial charge in [0.15, 0.2) is 5.16 Å². The Morgan fingerprint density at radius 1 is 1.14 bits per heavy atom. The highest BCUT2D eigenvalue weighted by atomic mass is 32.2. The highest BCUT2D eigenvalue weighted by Gasteiger charge is 2.13. The average molecular weight is 423 g/mol. The quantitative estimate of drug-likeness (QED) is 0.277. The fourth-order valence-corrected chi connectivity index (χ4v) is 4.77. The number of ether oxygens (including phenoxy) is 1. The lowest BCUT2D eigenvalue weighted by molar-refractivity contribution is 0.0600. The summed E-state index contributed by atoms with van der Waals surface area (Å²) in [4.78, 5) is 32.5. The van der Waals surface area contributed by atoms with Crippen LogP contribution in [-0.2, 0) is 10.5 Å². The third-order valence-electron chi connectivity index (χ3n) is 4.54. The Kier molecular flexibility index (Phi) is 5.51. The molecule has 0 unspecified atom stereocenters. The second-order valence-electron chi connectivity index (χ2n) is 6.54. The van der Waals surface area contributed by atoms with Crippen molar-refractivity contribution in [3.05, 3.63) is 81.0 Å². The first-order chi connectivity index (χ1) is 14.0. The molecule has 0 aliphatic heterocycles. The number of nitrogens with one attached hydrogen (secondary N) is 1. The number of aromatic nitrogens is 2. The third-order valence-corrected chi connectivity index (χ3v) is 6.35. The Labute approximate surface area is 175 Å². The van der Waals surface area contributed by atoms with Crippen LogP contribution in [0, 0.1) is 6.92 Å². The van der Waals surface area contributed by atoms with E-state index in [9.17, 15) is 9.59 Å². The van der Waals surface area contributed by atoms with E-state index in [2.05, 4.69) is 9.97 Å². The van der Waals surface area contributed by atoms with Gasteiger partial charge in [-0.1, -0.05) is 53.7 Å². The third kappa shape index (κ3) is 4.11. The number of carbonyl (C=O) groups is 1. The Balaban J connectivity index is 1.56. The molecule has 29 heavy (non-hydrogen) atoms. The molecule has 0 fully saturated rings. The molecule has 0 radical (unpaired) electrons. The van der Waals surface area contributed by atoms with E-state index in [0.29, 0.717) is 21.9 Å². The number of rotatable bonds is 5. The number of methoxy groups -OCH3 is 1. The van der Waals surface area contributed by atoms with Gasteiger partial charge in [0.2, 0.25) is 0 Å². The Hall–Kier alpha value is -2.90. The summed E-state index contributed by atoms with van der Waals surface area (Å²) in [6, 6.07) is 15.3. The molecule has 4 rings (SSSR count). The zero-order chi connectivity index (χ0) is 20.4. The molecule has 1 N–H and O–H groups in total. The van der Waals surface area contributed by atoms with Crippen molar-refractivity contribution in [1.29, 1.82) is 0 Å². The number of aryl methyl sites for hydroxylation is 1. The van der Waals surface area contributed by atoms with E-state index in [1.165, 1.54) is 35.8 Å². The van der Waals surface area contributed by atoms with Gasteiger partial charge in [0, 0.05) is 16.7 Å². The molecule has 0 saturated heterocycles. The minimum atomic E-state index is -0.359. The topological polar surface area (TPSA) is 72.0 Å². The zero-order valence-electron chi connectivity index (χ0n) is 15.9. The normalized spacial score (nSPS) is 11.0. The molecule has 0 aliphatic carbocycles. The molecular weight excluding hydrogens is 404 g/mol. The number of hydrogen-bond acceptors (Lipinski definition) is 6. The lowest BCUT2D eigenvalue weighted by atomic mass is 10.1. The largest absolute Gasteiger partial charge is 0.465 e. The molecule has 0 amide bonds. The fraction of sp³-hybridized carbons (Fsp3) is 0.136. The number of benzene rings is 2. The molecule has 0 spiro atoms. The van der Waals surface area contributed by atoms with Crippen LogP contribution in [0.1, 0.15) is 21.5 Å². The molecule has 7 heteroatoms. The van der Waals surface area contributed by atoms with Crippen molar-refractivity contribution in [2.24, 2.45) is 0 Å². The number of carbonyl (C=O) groups excluding carboxylic acids is 1. The summed E-state index contributed by atoms with van der Waals surface area (Å²) < 4.78 is 4.71. The molecule has 0 aliphatic rings. The number of esters is 1. The summed E-state index contributed by atoms with van der Waals surface area (Å²) in [6.45, 7) is 2.04. The van der Waals surface area contributed by atoms with Gasteiger partial charge in [0.25, 0.3) is 5.56 Å². The maximum absolute atomic E-state index is 12.7. The zero-order valence-corrected chi connectivity index (χ0v) is 17.5. The smallest absolute Gasteiger partial charge is 0.337 e. The summed E-state index contributed by atoms with van der Waals surface area (Å²) in [6.07, 6.45) is 0. The summed E-state index contributed by atoms with van der Waals surface area (Å²) in [5.41, 5.74) is 4.51. The first-order valence-electron chi connectivity index (χ1n) is 8.94. The van der Waals surface area contributed by atoms with E-state index in [-0.39, 0.29) is 11.5 Å². The van der Waals surface area contributed by atoms with Crippen molar-refractivity contribution >= 4 is 39.3 Å². The lowest BCUT2D eigenvalue weighted by Crippen LogP contribution is -2.08. The molecular formula is C22H18N2O3S2. The van der Waals surface area contributed by atoms with Gasteiger partial charge in [-0.25, -0.2) is 9.78 Å². The van der Waals surface area contributed by atoms with E-state index in [1.54, 1.807) is 12.1 Å². The molecule has 0 saturated carbocycles. The van der Waals surface area contributed by atoms with Crippen molar-refractivity contribution in [2.75, 3.05) is 7.11 Å². The van der Waals surface area contributed by atoms with Crippen molar-refractivity contribution < 1.29 is 9.53 Å². The first kappa shape index (κ1) is 19.4. The number of H-pyrrole nitrogens is 1. The van der Waals surface area contributed by atoms with E-state index in [4.69, 9.17) is 4.74 Å². The van der Waals surface area contributed by atoms with E-state index in [1.807, 2.05) is 48.7 Å². The van der Waals surface area contributed by atoms with Gasteiger partial charge in [0.05, 0.1) is 18.1 Å². The Bertz CT molecular complexity index is 1230. The summed E-state index contributed by atoms with van der Waals surface area (Å²) >= 11 is 2.93. The lowest BCUT2D eigenvalue weighted by Gasteiger charge is -2.04. The van der Waals surface area contributed by atoms with Crippen LogP contribution in [-0.4, -0.2) is 23.0 Å². The molecule has 2 aromatic carbocycles. The summed E-state index contributed by atoms with van der Waals surface area (Å²) in [7, 11) is 1.36. The summed E-state index contributed by atoms with van der Waals surface area (Å²) in [5, 5.41) is 3.19. The molecule has 0 atom stereocenters. The van der Waals surface area contributed by atoms with Gasteiger partial charge < -0.3 is 9.72 Å². The van der Waals surface area contributed by atoms with Crippen LogP contribution in [0.2, 0.25) is 0 Å². The predicted octanol–water partition coefficient (Wildman–Crippen LogP) is 5.04. The average Bonchev–Trinajstić information content (AvgIpc) is 3.17. The number of thioether (sulfide) groups is 1. The van der Waals surface area contributed by atoms with Gasteiger partial charge in [-0.05, 0) is 30.2 Å². The maximum atomic E-state index is 12.7. The molecule has 5 nitrogen and oxygen atoms in total. The van der Waals surface area contributed by atoms with Crippen molar-refractivity contribution in [3.63, 3.8) is 0 Å². The van der Waals surface area contributed by atoms with Crippen LogP contribution in [0.4, 0.5) is 0 Å². The number of nitrogens with zero attached hydrogens (tertiary/aromatic N) is 1. The number of aromatic amines is 1. The second-order valence-corrected chi connectivity index (χ2v) is 8.37. The number of hydrogen-bond donors (Lipinski definition) is 1. The number of fused-ring (bicyclic) bond motifs is 1. The molecule has 4 aromatic rings. The SMILES string of the molecule is COC(=O)c1ccc(CSc2nc3scc(-c4ccc(C)cc4)c3c(=O)[nH]2)cc1. The molecule has 146 valence electrons. The molecule has 2 aromatic heterocycles. The van der Waals surface area contributed by atoms with Crippen molar-refractivity contribution in [1.82, 2.24) is 9.97 Å². The van der Waals surface area contributed by atoms with Gasteiger partial charge in [0.1, 0.15) is 4.83 Å². The Morgan fingerprint density at radius 3 is 2.55 bits per heavy atom. The first-order valence-corrected chi connectivity index (χ1v) is 10.8. The van der Waals surface area contributed by atoms with Gasteiger partial charge in [-0.2, -0.15) is 0 Å². The van der Waals surface area contributed by atoms with Crippen LogP contribution in [0.25, 0.3) is 21.3 Å². The van der Waals surface area contributed by atoms with Gasteiger partial charge >= 0.3 is 5.97 Å². The molecule has 2 heterocycles. The van der Waals surface area contributed by atoms with Crippen molar-refractivity contribution in [3.8, 4) is 11.1 Å². The predicted molar refractivity (Wildman–Crippen MR) is 118 cm³/mol. The highest BCUT2D eigenvalue weighted by molar-refractivity contribution is 7.98. The maximum Gasteiger partial charge on any atom is 0.337 e. The van der Waals surface area contributed by atoms with Crippen LogP contribution < -0.4 is 5.56 Å². The Morgan fingerprint density at radius 2 is 1.86 bits per heavy atom. The van der Waals surface area contributed by atoms with Gasteiger partial charge in [-0.15, -0.1) is 11.3 Å². The highest BCUT2D eigenvalue weighted by Crippen LogP contribution is 2.32. The number of thiophene rings is 1. The van der Waals surface area contributed by atoms with E-state index in [0.717, 1.165) is 21.5 Å².